The molecule has 0 saturated carbocycles. The number of carboxylic acid groups (broad SMARTS) is 2. The molecule has 0 unspecified atom stereocenters. The largest absolute Gasteiger partial charge is 1.00 e. The Kier molecular flexibility index (Phi) is 9.87. The van der Waals surface area contributed by atoms with Crippen molar-refractivity contribution in [3.8, 4) is 11.5 Å². The summed E-state index contributed by atoms with van der Waals surface area (Å²) in [7, 11) is 0. The Morgan fingerprint density at radius 3 is 2.00 bits per heavy atom. The Balaban J connectivity index is 0.00000264. The number of carbonyl (C=O) groups excluding carboxylic acids is 2. The fourth-order valence-electron chi connectivity index (χ4n) is 2.22. The van der Waals surface area contributed by atoms with Crippen LogP contribution in [0.4, 0.5) is 0 Å². The van der Waals surface area contributed by atoms with E-state index < -0.39 is 23.1 Å². The summed E-state index contributed by atoms with van der Waals surface area (Å²) in [5.41, 5.74) is -1.04. The first-order chi connectivity index (χ1) is 10.5. The van der Waals surface area contributed by atoms with E-state index in [0.717, 1.165) is 0 Å². The van der Waals surface area contributed by atoms with Gasteiger partial charge in [-0.1, -0.05) is 0 Å². The second-order valence-corrected chi connectivity index (χ2v) is 4.25. The Hall–Kier alpha value is -0.830. The summed E-state index contributed by atoms with van der Waals surface area (Å²) in [6.07, 6.45) is 1.44. The van der Waals surface area contributed by atoms with Gasteiger partial charge in [0.2, 0.25) is 0 Å². The fourth-order valence-corrected chi connectivity index (χ4v) is 2.22. The van der Waals surface area contributed by atoms with E-state index in [9.17, 15) is 19.8 Å². The first-order valence-corrected chi connectivity index (χ1v) is 6.65. The average molecular weight is 349 g/mol. The maximum absolute atomic E-state index is 11.5. The maximum Gasteiger partial charge on any atom is 1.00 e. The van der Waals surface area contributed by atoms with Gasteiger partial charge in [-0.3, -0.25) is 4.98 Å². The molecule has 0 bridgehead atoms. The number of fused-ring (bicyclic) bond motifs is 1. The van der Waals surface area contributed by atoms with Gasteiger partial charge >= 0.3 is 59.1 Å². The molecule has 1 heterocycles. The number of carboxylic acids is 2. The summed E-state index contributed by atoms with van der Waals surface area (Å²) >= 11 is 0. The van der Waals surface area contributed by atoms with Gasteiger partial charge in [0.1, 0.15) is 11.3 Å². The van der Waals surface area contributed by atoms with E-state index in [1.54, 1.807) is 26.0 Å². The number of rotatable bonds is 6. The molecule has 0 amide bonds. The van der Waals surface area contributed by atoms with Gasteiger partial charge in [-0.05, 0) is 26.0 Å². The van der Waals surface area contributed by atoms with Gasteiger partial charge in [-0.25, -0.2) is 0 Å². The van der Waals surface area contributed by atoms with Crippen molar-refractivity contribution < 1.29 is 88.4 Å². The number of pyridine rings is 1. The van der Waals surface area contributed by atoms with Crippen molar-refractivity contribution in [1.82, 2.24) is 4.98 Å². The number of hydrogen-bond donors (Lipinski definition) is 0. The molecule has 0 aliphatic rings. The first kappa shape index (κ1) is 23.2. The molecular weight excluding hydrogens is 336 g/mol. The summed E-state index contributed by atoms with van der Waals surface area (Å²) in [5.74, 6) is -3.67. The van der Waals surface area contributed by atoms with Crippen molar-refractivity contribution in [3.05, 3.63) is 29.5 Å². The topological polar surface area (TPSA) is 112 Å². The molecule has 0 saturated heterocycles. The summed E-state index contributed by atoms with van der Waals surface area (Å²) in [6, 6.07) is 3.15. The SMILES string of the molecule is CCOc1c(C(=O)[O-])c(C(=O)[O-])c(OCC)c2ncccc12.[Na+].[Na+]. The number of nitrogens with zero attached hydrogens (tertiary/aromatic N) is 1. The number of carbonyl (C=O) groups is 2. The quantitative estimate of drug-likeness (QED) is 0.477. The Labute approximate surface area is 182 Å². The van der Waals surface area contributed by atoms with Crippen LogP contribution in [-0.4, -0.2) is 30.1 Å². The second kappa shape index (κ2) is 10.2. The molecule has 0 N–H and O–H groups in total. The number of hydrogen-bond acceptors (Lipinski definition) is 7. The fraction of sp³-hybridized carbons (Fsp3) is 0.267. The number of aromatic carboxylic acids is 2. The molecule has 0 fully saturated rings. The predicted molar refractivity (Wildman–Crippen MR) is 72.7 cm³/mol. The molecule has 2 rings (SSSR count). The molecule has 0 spiro atoms. The van der Waals surface area contributed by atoms with Crippen molar-refractivity contribution in [1.29, 1.82) is 0 Å². The minimum atomic E-state index is -1.70. The minimum Gasteiger partial charge on any atom is -0.545 e. The summed E-state index contributed by atoms with van der Waals surface area (Å²) < 4.78 is 10.6. The minimum absolute atomic E-state index is 0. The van der Waals surface area contributed by atoms with Gasteiger partial charge in [-0.2, -0.15) is 0 Å². The van der Waals surface area contributed by atoms with Crippen LogP contribution < -0.4 is 78.8 Å². The molecule has 0 radical (unpaired) electrons. The molecule has 1 aromatic heterocycles. The van der Waals surface area contributed by atoms with Crippen LogP contribution in [0.1, 0.15) is 34.6 Å². The molecule has 0 atom stereocenters. The van der Waals surface area contributed by atoms with Gasteiger partial charge in [0.05, 0.1) is 36.3 Å². The zero-order chi connectivity index (χ0) is 16.3. The third kappa shape index (κ3) is 4.41. The molecule has 9 heteroatoms. The molecule has 0 aliphatic carbocycles. The van der Waals surface area contributed by atoms with Crippen LogP contribution in [0.5, 0.6) is 11.5 Å². The smallest absolute Gasteiger partial charge is 0.545 e. The van der Waals surface area contributed by atoms with Gasteiger partial charge in [0.25, 0.3) is 0 Å². The molecular formula is C15H13NNa2O6. The molecule has 24 heavy (non-hydrogen) atoms. The zero-order valence-corrected chi connectivity index (χ0v) is 18.0. The van der Waals surface area contributed by atoms with E-state index in [4.69, 9.17) is 9.47 Å². The normalized spacial score (nSPS) is 9.58. The van der Waals surface area contributed by atoms with Crippen LogP contribution in [-0.2, 0) is 0 Å². The third-order valence-electron chi connectivity index (χ3n) is 2.96. The van der Waals surface area contributed by atoms with Crippen molar-refractivity contribution in [2.45, 2.75) is 13.8 Å². The van der Waals surface area contributed by atoms with Crippen LogP contribution >= 0.6 is 0 Å². The van der Waals surface area contributed by atoms with E-state index >= 15 is 0 Å². The molecule has 1 aromatic carbocycles. The summed E-state index contributed by atoms with van der Waals surface area (Å²) in [5, 5.41) is 23.3. The van der Waals surface area contributed by atoms with Crippen molar-refractivity contribution in [2.24, 2.45) is 0 Å². The van der Waals surface area contributed by atoms with Crippen LogP contribution in [0.25, 0.3) is 10.9 Å². The van der Waals surface area contributed by atoms with E-state index in [2.05, 4.69) is 4.98 Å². The average Bonchev–Trinajstić information content (AvgIpc) is 2.48. The van der Waals surface area contributed by atoms with Crippen molar-refractivity contribution in [2.75, 3.05) is 13.2 Å². The Bertz CT molecular complexity index is 688. The first-order valence-electron chi connectivity index (χ1n) is 6.65. The number of benzene rings is 1. The van der Waals surface area contributed by atoms with Gasteiger partial charge in [-0.15, -0.1) is 0 Å². The summed E-state index contributed by atoms with van der Waals surface area (Å²) in [6.45, 7) is 3.57. The number of ether oxygens (including phenoxy) is 2. The standard InChI is InChI=1S/C15H15NO6.2Na/c1-3-21-12-8-6-5-7-16-11(8)13(22-4-2)10(15(19)20)9(12)14(17)18;;/h5-7H,3-4H2,1-2H3,(H,17,18)(H,19,20);;/q;2*+1/p-2. The Morgan fingerprint density at radius 1 is 1.00 bits per heavy atom. The van der Waals surface area contributed by atoms with Crippen LogP contribution in [0, 0.1) is 0 Å². The van der Waals surface area contributed by atoms with Crippen molar-refractivity contribution >= 4 is 22.8 Å². The monoisotopic (exact) mass is 349 g/mol. The second-order valence-electron chi connectivity index (χ2n) is 4.25. The van der Waals surface area contributed by atoms with Crippen LogP contribution in [0.2, 0.25) is 0 Å². The predicted octanol–water partition coefficient (Wildman–Crippen LogP) is -6.23. The van der Waals surface area contributed by atoms with E-state index in [-0.39, 0.29) is 89.3 Å². The van der Waals surface area contributed by atoms with E-state index in [1.165, 1.54) is 6.20 Å². The van der Waals surface area contributed by atoms with Crippen LogP contribution in [0.15, 0.2) is 18.3 Å². The molecule has 7 nitrogen and oxygen atoms in total. The molecule has 116 valence electrons. The van der Waals surface area contributed by atoms with E-state index in [0.29, 0.717) is 5.39 Å². The maximum atomic E-state index is 11.5. The van der Waals surface area contributed by atoms with E-state index in [1.807, 2.05) is 0 Å². The van der Waals surface area contributed by atoms with Crippen LogP contribution in [0.3, 0.4) is 0 Å². The van der Waals surface area contributed by atoms with Gasteiger partial charge in [0.15, 0.2) is 5.75 Å². The Morgan fingerprint density at radius 2 is 1.50 bits per heavy atom. The summed E-state index contributed by atoms with van der Waals surface area (Å²) in [4.78, 5) is 27.0. The third-order valence-corrected chi connectivity index (χ3v) is 2.96. The van der Waals surface area contributed by atoms with Gasteiger partial charge in [0, 0.05) is 11.6 Å². The zero-order valence-electron chi connectivity index (χ0n) is 14.0. The number of aromatic nitrogens is 1. The van der Waals surface area contributed by atoms with Gasteiger partial charge < -0.3 is 29.3 Å². The molecule has 2 aromatic rings. The van der Waals surface area contributed by atoms with Crippen molar-refractivity contribution in [3.63, 3.8) is 0 Å². The molecule has 0 aliphatic heterocycles.